The lowest BCUT2D eigenvalue weighted by Crippen LogP contribution is -2.33. The van der Waals surface area contributed by atoms with Gasteiger partial charge in [-0.05, 0) is 68.0 Å². The summed E-state index contributed by atoms with van der Waals surface area (Å²) in [4.78, 5) is 24.8. The first-order valence-corrected chi connectivity index (χ1v) is 8.88. The van der Waals surface area contributed by atoms with Crippen molar-refractivity contribution in [3.8, 4) is 11.5 Å². The van der Waals surface area contributed by atoms with Gasteiger partial charge in [-0.25, -0.2) is 0 Å². The fourth-order valence-electron chi connectivity index (χ4n) is 3.31. The Kier molecular flexibility index (Phi) is 6.61. The SMILES string of the molecule is COC(=O)[C@H](Cc1ccc(O)c(C)c1)[C@@H](Cc1ccc(O)c(C)c1)C(C)=O. The Morgan fingerprint density at radius 1 is 0.889 bits per heavy atom. The molecule has 0 saturated heterocycles. The molecule has 0 aliphatic carbocycles. The van der Waals surface area contributed by atoms with Crippen molar-refractivity contribution in [2.75, 3.05) is 7.11 Å². The normalized spacial score (nSPS) is 13.0. The van der Waals surface area contributed by atoms with Crippen molar-refractivity contribution in [1.29, 1.82) is 0 Å². The smallest absolute Gasteiger partial charge is 0.309 e. The van der Waals surface area contributed by atoms with Gasteiger partial charge in [0.2, 0.25) is 0 Å². The minimum Gasteiger partial charge on any atom is -0.508 e. The van der Waals surface area contributed by atoms with Crippen LogP contribution in [0.5, 0.6) is 11.5 Å². The van der Waals surface area contributed by atoms with Gasteiger partial charge in [-0.2, -0.15) is 0 Å². The lowest BCUT2D eigenvalue weighted by atomic mass is 9.80. The molecule has 0 unspecified atom stereocenters. The van der Waals surface area contributed by atoms with Crippen molar-refractivity contribution in [3.05, 3.63) is 58.7 Å². The maximum Gasteiger partial charge on any atom is 0.309 e. The molecule has 0 bridgehead atoms. The minimum atomic E-state index is -0.634. The zero-order valence-corrected chi connectivity index (χ0v) is 16.2. The van der Waals surface area contributed by atoms with Crippen molar-refractivity contribution in [3.63, 3.8) is 0 Å². The molecule has 2 N–H and O–H groups in total. The monoisotopic (exact) mass is 370 g/mol. The summed E-state index contributed by atoms with van der Waals surface area (Å²) >= 11 is 0. The second-order valence-corrected chi connectivity index (χ2v) is 7.00. The molecule has 0 spiro atoms. The highest BCUT2D eigenvalue weighted by atomic mass is 16.5. The Morgan fingerprint density at radius 2 is 1.33 bits per heavy atom. The van der Waals surface area contributed by atoms with Crippen LogP contribution in [0.3, 0.4) is 0 Å². The average molecular weight is 370 g/mol. The number of ether oxygens (including phenoxy) is 1. The number of Topliss-reactive ketones (excluding diaryl/α,β-unsaturated/α-hetero) is 1. The number of phenolic OH excluding ortho intramolecular Hbond substituents is 2. The second kappa shape index (κ2) is 8.71. The average Bonchev–Trinajstić information content (AvgIpc) is 2.63. The maximum absolute atomic E-state index is 12.5. The molecule has 0 fully saturated rings. The van der Waals surface area contributed by atoms with Gasteiger partial charge < -0.3 is 14.9 Å². The van der Waals surface area contributed by atoms with E-state index in [-0.39, 0.29) is 17.3 Å². The summed E-state index contributed by atoms with van der Waals surface area (Å²) in [7, 11) is 1.32. The zero-order chi connectivity index (χ0) is 20.1. The van der Waals surface area contributed by atoms with Crippen LogP contribution in [-0.4, -0.2) is 29.1 Å². The van der Waals surface area contributed by atoms with E-state index in [1.165, 1.54) is 14.0 Å². The van der Waals surface area contributed by atoms with E-state index in [0.717, 1.165) is 16.7 Å². The Hall–Kier alpha value is -2.82. The Balaban J connectivity index is 2.34. The van der Waals surface area contributed by atoms with Crippen LogP contribution in [0.1, 0.15) is 29.2 Å². The predicted molar refractivity (Wildman–Crippen MR) is 103 cm³/mol. The van der Waals surface area contributed by atoms with Crippen molar-refractivity contribution >= 4 is 11.8 Å². The topological polar surface area (TPSA) is 83.8 Å². The summed E-state index contributed by atoms with van der Waals surface area (Å²) in [5, 5.41) is 19.4. The highest BCUT2D eigenvalue weighted by molar-refractivity contribution is 5.85. The van der Waals surface area contributed by atoms with Gasteiger partial charge in [-0.1, -0.05) is 24.3 Å². The molecule has 2 aromatic carbocycles. The summed E-state index contributed by atoms with van der Waals surface area (Å²) in [6.07, 6.45) is 0.725. The number of phenols is 2. The van der Waals surface area contributed by atoms with E-state index in [1.54, 1.807) is 38.1 Å². The van der Waals surface area contributed by atoms with Crippen LogP contribution in [0.25, 0.3) is 0 Å². The van der Waals surface area contributed by atoms with Crippen LogP contribution in [0.2, 0.25) is 0 Å². The highest BCUT2D eigenvalue weighted by Gasteiger charge is 2.33. The van der Waals surface area contributed by atoms with Crippen molar-refractivity contribution < 1.29 is 24.5 Å². The largest absolute Gasteiger partial charge is 0.508 e. The first-order chi connectivity index (χ1) is 12.7. The molecular formula is C22H26O5. The van der Waals surface area contributed by atoms with E-state index in [4.69, 9.17) is 4.74 Å². The van der Waals surface area contributed by atoms with Gasteiger partial charge in [-0.3, -0.25) is 9.59 Å². The molecule has 0 aromatic heterocycles. The molecule has 27 heavy (non-hydrogen) atoms. The first kappa shape index (κ1) is 20.5. The molecule has 0 aliphatic rings. The fraction of sp³-hybridized carbons (Fsp3) is 0.364. The van der Waals surface area contributed by atoms with Gasteiger partial charge in [0.1, 0.15) is 17.3 Å². The molecule has 144 valence electrons. The predicted octanol–water partition coefficient (Wildman–Crippen LogP) is 3.49. The summed E-state index contributed by atoms with van der Waals surface area (Å²) in [6, 6.07) is 10.3. The van der Waals surface area contributed by atoms with Crippen LogP contribution in [0, 0.1) is 25.7 Å². The first-order valence-electron chi connectivity index (χ1n) is 8.88. The number of ketones is 1. The number of methoxy groups -OCH3 is 1. The lowest BCUT2D eigenvalue weighted by molar-refractivity contribution is -0.149. The minimum absolute atomic E-state index is 0.0911. The van der Waals surface area contributed by atoms with E-state index in [0.29, 0.717) is 18.4 Å². The Bertz CT molecular complexity index is 841. The van der Waals surface area contributed by atoms with E-state index in [1.807, 2.05) is 12.1 Å². The molecule has 0 amide bonds. The number of benzene rings is 2. The number of aromatic hydroxyl groups is 2. The zero-order valence-electron chi connectivity index (χ0n) is 16.2. The third-order valence-corrected chi connectivity index (χ3v) is 4.95. The molecule has 5 nitrogen and oxygen atoms in total. The molecule has 2 rings (SSSR count). The molecule has 0 heterocycles. The van der Waals surface area contributed by atoms with Crippen LogP contribution < -0.4 is 0 Å². The molecule has 2 aromatic rings. The molecule has 0 radical (unpaired) electrons. The van der Waals surface area contributed by atoms with Gasteiger partial charge in [0.15, 0.2) is 0 Å². The maximum atomic E-state index is 12.5. The number of hydrogen-bond acceptors (Lipinski definition) is 5. The summed E-state index contributed by atoms with van der Waals surface area (Å²) in [6.45, 7) is 5.06. The van der Waals surface area contributed by atoms with Gasteiger partial charge in [0.05, 0.1) is 13.0 Å². The van der Waals surface area contributed by atoms with Gasteiger partial charge in [0.25, 0.3) is 0 Å². The number of esters is 1. The summed E-state index contributed by atoms with van der Waals surface area (Å²) < 4.78 is 4.97. The van der Waals surface area contributed by atoms with Crippen molar-refractivity contribution in [1.82, 2.24) is 0 Å². The van der Waals surface area contributed by atoms with Crippen molar-refractivity contribution in [2.45, 2.75) is 33.6 Å². The van der Waals surface area contributed by atoms with E-state index in [2.05, 4.69) is 0 Å². The van der Waals surface area contributed by atoms with Crippen molar-refractivity contribution in [2.24, 2.45) is 11.8 Å². The number of rotatable bonds is 7. The van der Waals surface area contributed by atoms with E-state index >= 15 is 0 Å². The third-order valence-electron chi connectivity index (χ3n) is 4.95. The number of carbonyl (C=O) groups excluding carboxylic acids is 2. The van der Waals surface area contributed by atoms with E-state index < -0.39 is 17.8 Å². The van der Waals surface area contributed by atoms with Crippen LogP contribution in [0.15, 0.2) is 36.4 Å². The van der Waals surface area contributed by atoms with Gasteiger partial charge in [-0.15, -0.1) is 0 Å². The third kappa shape index (κ3) is 5.09. The Morgan fingerprint density at radius 3 is 1.70 bits per heavy atom. The highest BCUT2D eigenvalue weighted by Crippen LogP contribution is 2.28. The fourth-order valence-corrected chi connectivity index (χ4v) is 3.31. The van der Waals surface area contributed by atoms with Gasteiger partial charge >= 0.3 is 5.97 Å². The molecule has 0 aliphatic heterocycles. The summed E-state index contributed by atoms with van der Waals surface area (Å²) in [5.74, 6) is -1.32. The standard InChI is InChI=1S/C22H26O5/c1-13-9-16(5-7-20(13)24)11-18(15(3)23)19(22(26)27-4)12-17-6-8-21(25)14(2)10-17/h5-10,18-19,24-25H,11-12H2,1-4H3/t18-,19+/m0/s1. The number of aryl methyl sites for hydroxylation is 2. The molecular weight excluding hydrogens is 344 g/mol. The lowest BCUT2D eigenvalue weighted by Gasteiger charge is -2.24. The van der Waals surface area contributed by atoms with Crippen LogP contribution >= 0.6 is 0 Å². The van der Waals surface area contributed by atoms with Crippen LogP contribution in [-0.2, 0) is 27.2 Å². The molecule has 5 heteroatoms. The second-order valence-electron chi connectivity index (χ2n) is 7.00. The summed E-state index contributed by atoms with van der Waals surface area (Å²) in [5.41, 5.74) is 3.17. The molecule has 0 saturated carbocycles. The quantitative estimate of drug-likeness (QED) is 0.729. The van der Waals surface area contributed by atoms with Gasteiger partial charge in [0, 0.05) is 5.92 Å². The van der Waals surface area contributed by atoms with Crippen LogP contribution in [0.4, 0.5) is 0 Å². The number of carbonyl (C=O) groups is 2. The van der Waals surface area contributed by atoms with E-state index in [9.17, 15) is 19.8 Å². The number of hydrogen-bond donors (Lipinski definition) is 2. The Labute approximate surface area is 159 Å². The molecule has 2 atom stereocenters.